The Hall–Kier alpha value is -1.24. The summed E-state index contributed by atoms with van der Waals surface area (Å²) in [6, 6.07) is 4.55. The summed E-state index contributed by atoms with van der Waals surface area (Å²) in [4.78, 5) is 9.92. The van der Waals surface area contributed by atoms with E-state index in [1.165, 1.54) is 6.07 Å². The molecule has 1 aromatic heterocycles. The van der Waals surface area contributed by atoms with Gasteiger partial charge in [-0.2, -0.15) is 0 Å². The predicted octanol–water partition coefficient (Wildman–Crippen LogP) is 0.493. The molecule has 0 aliphatic rings. The largest absolute Gasteiger partial charge is 1.00 e. The standard InChI is InChI=1S/C6H3N4O2.Ag/c11-10(12)5-3-1-2-4-6(5)8-9-7-4;/h1-3H;/q-1;+1. The molecular weight excluding hydrogens is 268 g/mol. The van der Waals surface area contributed by atoms with Crippen molar-refractivity contribution in [3.05, 3.63) is 28.3 Å². The second kappa shape index (κ2) is 3.65. The molecule has 0 amide bonds. The van der Waals surface area contributed by atoms with Gasteiger partial charge in [-0.25, -0.2) is 0 Å². The van der Waals surface area contributed by atoms with E-state index in [9.17, 15) is 10.1 Å². The summed E-state index contributed by atoms with van der Waals surface area (Å²) in [6.07, 6.45) is 0. The van der Waals surface area contributed by atoms with Gasteiger partial charge in [0.2, 0.25) is 0 Å². The van der Waals surface area contributed by atoms with Gasteiger partial charge >= 0.3 is 22.4 Å². The van der Waals surface area contributed by atoms with Gasteiger partial charge in [-0.3, -0.25) is 15.3 Å². The van der Waals surface area contributed by atoms with E-state index in [2.05, 4.69) is 15.4 Å². The molecule has 0 atom stereocenters. The Morgan fingerprint density at radius 2 is 2.23 bits per heavy atom. The van der Waals surface area contributed by atoms with E-state index in [0.29, 0.717) is 5.52 Å². The smallest absolute Gasteiger partial charge is 0.350 e. The predicted molar refractivity (Wildman–Crippen MR) is 39.5 cm³/mol. The van der Waals surface area contributed by atoms with Crippen molar-refractivity contribution >= 4 is 16.7 Å². The Balaban J connectivity index is 0.000000845. The number of aromatic nitrogens is 3. The first-order chi connectivity index (χ1) is 5.79. The van der Waals surface area contributed by atoms with Gasteiger partial charge in [-0.15, -0.1) is 0 Å². The van der Waals surface area contributed by atoms with Crippen molar-refractivity contribution in [2.24, 2.45) is 0 Å². The number of non-ortho nitro benzene ring substituents is 1. The number of nitrogens with zero attached hydrogens (tertiary/aromatic N) is 4. The quantitative estimate of drug-likeness (QED) is 0.428. The third-order valence-corrected chi connectivity index (χ3v) is 1.49. The maximum Gasteiger partial charge on any atom is 1.00 e. The molecule has 2 aromatic rings. The summed E-state index contributed by atoms with van der Waals surface area (Å²) < 4.78 is 0. The Morgan fingerprint density at radius 1 is 1.46 bits per heavy atom. The molecule has 0 unspecified atom stereocenters. The molecule has 70 valence electrons. The molecule has 0 fully saturated rings. The van der Waals surface area contributed by atoms with Crippen LogP contribution in [0.15, 0.2) is 18.2 Å². The molecule has 0 radical (unpaired) electrons. The fourth-order valence-electron chi connectivity index (χ4n) is 0.965. The van der Waals surface area contributed by atoms with Crippen molar-refractivity contribution in [1.82, 2.24) is 15.4 Å². The zero-order valence-corrected chi connectivity index (χ0v) is 7.62. The Labute approximate surface area is 88.0 Å². The van der Waals surface area contributed by atoms with Crippen molar-refractivity contribution in [2.45, 2.75) is 0 Å². The number of nitro groups is 1. The van der Waals surface area contributed by atoms with E-state index in [0.717, 1.165) is 0 Å². The van der Waals surface area contributed by atoms with Crippen LogP contribution in [0, 0.1) is 10.1 Å². The van der Waals surface area contributed by atoms with Crippen LogP contribution < -0.4 is 5.10 Å². The van der Waals surface area contributed by atoms with E-state index in [1.54, 1.807) is 12.1 Å². The molecule has 2 rings (SSSR count). The van der Waals surface area contributed by atoms with Crippen molar-refractivity contribution in [2.75, 3.05) is 0 Å². The van der Waals surface area contributed by atoms with E-state index >= 15 is 0 Å². The monoisotopic (exact) mass is 270 g/mol. The van der Waals surface area contributed by atoms with E-state index in [1.807, 2.05) is 0 Å². The average molecular weight is 271 g/mol. The van der Waals surface area contributed by atoms with E-state index in [4.69, 9.17) is 0 Å². The van der Waals surface area contributed by atoms with E-state index < -0.39 is 4.92 Å². The molecule has 0 N–H and O–H groups in total. The summed E-state index contributed by atoms with van der Waals surface area (Å²) in [5.74, 6) is 0. The van der Waals surface area contributed by atoms with Gasteiger partial charge in [-0.1, -0.05) is 12.1 Å². The van der Waals surface area contributed by atoms with Gasteiger partial charge in [0.1, 0.15) is 0 Å². The Morgan fingerprint density at radius 3 is 2.92 bits per heavy atom. The molecule has 7 heteroatoms. The van der Waals surface area contributed by atoms with Crippen molar-refractivity contribution in [3.63, 3.8) is 0 Å². The summed E-state index contributed by atoms with van der Waals surface area (Å²) in [6.45, 7) is 0. The number of benzene rings is 1. The SMILES string of the molecule is O=[N+]([O-])c1cccc2[n-]nnc12.[Ag+]. The van der Waals surface area contributed by atoms with Crippen LogP contribution in [0.5, 0.6) is 0 Å². The minimum atomic E-state index is -0.501. The minimum absolute atomic E-state index is 0. The number of nitro benzene ring substituents is 1. The van der Waals surface area contributed by atoms with Crippen LogP contribution in [0.2, 0.25) is 0 Å². The molecule has 0 spiro atoms. The van der Waals surface area contributed by atoms with Crippen LogP contribution in [0.25, 0.3) is 11.0 Å². The second-order valence-electron chi connectivity index (χ2n) is 2.19. The van der Waals surface area contributed by atoms with Gasteiger partial charge in [-0.05, 0) is 5.52 Å². The first-order valence-corrected chi connectivity index (χ1v) is 3.18. The normalized spacial score (nSPS) is 9.54. The maximum absolute atomic E-state index is 10.4. The van der Waals surface area contributed by atoms with Crippen LogP contribution in [0.1, 0.15) is 0 Å². The van der Waals surface area contributed by atoms with Gasteiger partial charge in [0.15, 0.2) is 0 Å². The number of rotatable bonds is 1. The summed E-state index contributed by atoms with van der Waals surface area (Å²) >= 11 is 0. The molecule has 0 bridgehead atoms. The van der Waals surface area contributed by atoms with E-state index in [-0.39, 0.29) is 33.6 Å². The van der Waals surface area contributed by atoms with Crippen molar-refractivity contribution in [3.8, 4) is 0 Å². The molecule has 6 nitrogen and oxygen atoms in total. The van der Waals surface area contributed by atoms with Crippen LogP contribution in [0.4, 0.5) is 5.69 Å². The molecule has 1 heterocycles. The van der Waals surface area contributed by atoms with Crippen LogP contribution in [0.3, 0.4) is 0 Å². The Kier molecular flexibility index (Phi) is 2.76. The van der Waals surface area contributed by atoms with Gasteiger partial charge in [0.25, 0.3) is 5.69 Å². The minimum Gasteiger partial charge on any atom is -0.350 e. The maximum atomic E-state index is 10.4. The number of hydrogen-bond acceptors (Lipinski definition) is 4. The average Bonchev–Trinajstić information content (AvgIpc) is 2.49. The van der Waals surface area contributed by atoms with Crippen molar-refractivity contribution in [1.29, 1.82) is 0 Å². The zero-order valence-electron chi connectivity index (χ0n) is 6.14. The van der Waals surface area contributed by atoms with Crippen LogP contribution >= 0.6 is 0 Å². The zero-order chi connectivity index (χ0) is 8.55. The molecule has 0 saturated heterocycles. The summed E-state index contributed by atoms with van der Waals surface area (Å²) in [5.41, 5.74) is 0.629. The molecule has 0 aliphatic carbocycles. The fourth-order valence-corrected chi connectivity index (χ4v) is 0.965. The first-order valence-electron chi connectivity index (χ1n) is 3.18. The molecule has 13 heavy (non-hydrogen) atoms. The summed E-state index contributed by atoms with van der Waals surface area (Å²) in [5, 5.41) is 20.9. The molecule has 1 aromatic carbocycles. The summed E-state index contributed by atoms with van der Waals surface area (Å²) in [7, 11) is 0. The van der Waals surface area contributed by atoms with Crippen LogP contribution in [-0.4, -0.2) is 15.2 Å². The second-order valence-corrected chi connectivity index (χ2v) is 2.19. The number of fused-ring (bicyclic) bond motifs is 1. The van der Waals surface area contributed by atoms with Gasteiger partial charge < -0.3 is 10.2 Å². The molecule has 0 aliphatic heterocycles. The topological polar surface area (TPSA) is 83.0 Å². The van der Waals surface area contributed by atoms with Gasteiger partial charge in [0, 0.05) is 6.07 Å². The van der Waals surface area contributed by atoms with Gasteiger partial charge in [0.05, 0.1) is 10.4 Å². The third kappa shape index (κ3) is 1.59. The first kappa shape index (κ1) is 9.85. The third-order valence-electron chi connectivity index (χ3n) is 1.49. The molecule has 0 saturated carbocycles. The fraction of sp³-hybridized carbons (Fsp3) is 0. The molecular formula is C6H3AgN4O2. The Bertz CT molecular complexity index is 441. The number of hydrogen-bond donors (Lipinski definition) is 0. The van der Waals surface area contributed by atoms with Crippen LogP contribution in [-0.2, 0) is 22.4 Å². The van der Waals surface area contributed by atoms with Crippen molar-refractivity contribution < 1.29 is 27.3 Å².